The Morgan fingerprint density at radius 3 is 2.88 bits per heavy atom. The molecule has 1 saturated heterocycles. The second kappa shape index (κ2) is 7.67. The zero-order valence-electron chi connectivity index (χ0n) is 13.4. The van der Waals surface area contributed by atoms with E-state index >= 15 is 0 Å². The zero-order chi connectivity index (χ0) is 17.7. The molecule has 1 N–H and O–H groups in total. The van der Waals surface area contributed by atoms with Gasteiger partial charge in [-0.1, -0.05) is 6.92 Å². The Morgan fingerprint density at radius 2 is 2.21 bits per heavy atom. The largest absolute Gasteiger partial charge is 0.465 e. The predicted octanol–water partition coefficient (Wildman–Crippen LogP) is 2.16. The first kappa shape index (κ1) is 18.3. The van der Waals surface area contributed by atoms with Gasteiger partial charge in [0.05, 0.1) is 18.7 Å². The molecule has 1 amide bonds. The van der Waals surface area contributed by atoms with Crippen molar-refractivity contribution in [2.75, 3.05) is 19.7 Å². The number of nitrogens with zero attached hydrogens (tertiary/aromatic N) is 2. The lowest BCUT2D eigenvalue weighted by Gasteiger charge is -2.31. The van der Waals surface area contributed by atoms with Crippen LogP contribution in [0.3, 0.4) is 0 Å². The number of piperidine rings is 1. The van der Waals surface area contributed by atoms with E-state index in [4.69, 9.17) is 4.74 Å². The van der Waals surface area contributed by atoms with Crippen LogP contribution in [0.25, 0.3) is 0 Å². The molecule has 6 nitrogen and oxygen atoms in total. The lowest BCUT2D eigenvalue weighted by atomic mass is 9.98. The number of hydrogen-bond acceptors (Lipinski definition) is 4. The van der Waals surface area contributed by atoms with E-state index in [0.29, 0.717) is 32.4 Å². The summed E-state index contributed by atoms with van der Waals surface area (Å²) in [5, 5.41) is 5.30. The highest BCUT2D eigenvalue weighted by Crippen LogP contribution is 2.30. The molecule has 0 aliphatic carbocycles. The second-order valence-electron chi connectivity index (χ2n) is 5.72. The molecule has 0 spiro atoms. The number of rotatable bonds is 5. The number of alkyl halides is 3. The van der Waals surface area contributed by atoms with Gasteiger partial charge in [0.15, 0.2) is 0 Å². The van der Waals surface area contributed by atoms with Gasteiger partial charge in [-0.05, 0) is 12.8 Å². The summed E-state index contributed by atoms with van der Waals surface area (Å²) in [6.45, 7) is 2.54. The van der Waals surface area contributed by atoms with E-state index in [1.807, 2.05) is 5.10 Å². The number of esters is 1. The third-order valence-electron chi connectivity index (χ3n) is 4.03. The fourth-order valence-electron chi connectivity index (χ4n) is 2.75. The molecule has 1 aromatic heterocycles. The maximum atomic E-state index is 12.7. The van der Waals surface area contributed by atoms with Crippen molar-refractivity contribution < 1.29 is 27.5 Å². The van der Waals surface area contributed by atoms with E-state index in [1.54, 1.807) is 11.8 Å². The lowest BCUT2D eigenvalue weighted by Crippen LogP contribution is -2.42. The van der Waals surface area contributed by atoms with Crippen molar-refractivity contribution in [3.63, 3.8) is 0 Å². The summed E-state index contributed by atoms with van der Waals surface area (Å²) < 4.78 is 43.2. The maximum absolute atomic E-state index is 12.7. The molecule has 1 unspecified atom stereocenters. The van der Waals surface area contributed by atoms with Gasteiger partial charge < -0.3 is 9.64 Å². The average Bonchev–Trinajstić information content (AvgIpc) is 3.03. The number of aromatic nitrogens is 2. The van der Waals surface area contributed by atoms with Crippen LogP contribution in [-0.4, -0.2) is 46.7 Å². The summed E-state index contributed by atoms with van der Waals surface area (Å²) >= 11 is 0. The van der Waals surface area contributed by atoms with Crippen molar-refractivity contribution in [3.8, 4) is 0 Å². The molecule has 24 heavy (non-hydrogen) atoms. The maximum Gasteiger partial charge on any atom is 0.433 e. The highest BCUT2D eigenvalue weighted by atomic mass is 19.4. The SMILES string of the molecule is CCC(=O)N1CCCC(C(=O)OCCc2cn[nH]c2C(F)(F)F)C1. The Bertz CT molecular complexity index is 586. The number of H-pyrrole nitrogens is 1. The molecule has 0 radical (unpaired) electrons. The van der Waals surface area contributed by atoms with Crippen LogP contribution in [0.5, 0.6) is 0 Å². The highest BCUT2D eigenvalue weighted by molar-refractivity contribution is 5.78. The van der Waals surface area contributed by atoms with Crippen molar-refractivity contribution in [1.29, 1.82) is 0 Å². The number of halogens is 3. The van der Waals surface area contributed by atoms with Crippen LogP contribution in [0.1, 0.15) is 37.4 Å². The first-order valence-corrected chi connectivity index (χ1v) is 7.86. The number of hydrogen-bond donors (Lipinski definition) is 1. The topological polar surface area (TPSA) is 75.3 Å². The first-order chi connectivity index (χ1) is 11.3. The van der Waals surface area contributed by atoms with E-state index in [0.717, 1.165) is 6.20 Å². The quantitative estimate of drug-likeness (QED) is 0.829. The van der Waals surface area contributed by atoms with Crippen molar-refractivity contribution in [3.05, 3.63) is 17.5 Å². The van der Waals surface area contributed by atoms with E-state index < -0.39 is 23.8 Å². The van der Waals surface area contributed by atoms with Crippen molar-refractivity contribution in [1.82, 2.24) is 15.1 Å². The summed E-state index contributed by atoms with van der Waals surface area (Å²) in [6, 6.07) is 0. The van der Waals surface area contributed by atoms with Crippen molar-refractivity contribution in [2.45, 2.75) is 38.8 Å². The first-order valence-electron chi connectivity index (χ1n) is 7.86. The number of likely N-dealkylation sites (tertiary alicyclic amines) is 1. The van der Waals surface area contributed by atoms with Gasteiger partial charge in [-0.25, -0.2) is 0 Å². The van der Waals surface area contributed by atoms with E-state index in [9.17, 15) is 22.8 Å². The minimum Gasteiger partial charge on any atom is -0.465 e. The Labute approximate surface area is 137 Å². The molecule has 1 fully saturated rings. The molecule has 2 heterocycles. The van der Waals surface area contributed by atoms with Gasteiger partial charge in [0.25, 0.3) is 0 Å². The van der Waals surface area contributed by atoms with Gasteiger partial charge in [-0.3, -0.25) is 14.7 Å². The molecule has 9 heteroatoms. The zero-order valence-corrected chi connectivity index (χ0v) is 13.4. The monoisotopic (exact) mass is 347 g/mol. The fraction of sp³-hybridized carbons (Fsp3) is 0.667. The van der Waals surface area contributed by atoms with Crippen LogP contribution < -0.4 is 0 Å². The third-order valence-corrected chi connectivity index (χ3v) is 4.03. The Morgan fingerprint density at radius 1 is 1.46 bits per heavy atom. The van der Waals surface area contributed by atoms with Gasteiger partial charge in [0.1, 0.15) is 5.69 Å². The number of carbonyl (C=O) groups excluding carboxylic acids is 2. The standard InChI is InChI=1S/C15H20F3N3O3/c1-2-12(22)21-6-3-4-11(9-21)14(23)24-7-5-10-8-19-20-13(10)15(16,17)18/h8,11H,2-7,9H2,1H3,(H,19,20). The number of carbonyl (C=O) groups is 2. The van der Waals surface area contributed by atoms with Crippen LogP contribution in [0.4, 0.5) is 13.2 Å². The number of aromatic amines is 1. The molecule has 1 aromatic rings. The molecular formula is C15H20F3N3O3. The number of ether oxygens (including phenoxy) is 1. The lowest BCUT2D eigenvalue weighted by molar-refractivity contribution is -0.151. The summed E-state index contributed by atoms with van der Waals surface area (Å²) in [5.74, 6) is -0.901. The van der Waals surface area contributed by atoms with E-state index in [2.05, 4.69) is 5.10 Å². The van der Waals surface area contributed by atoms with E-state index in [1.165, 1.54) is 0 Å². The molecule has 134 valence electrons. The Kier molecular flexibility index (Phi) is 5.84. The molecule has 0 bridgehead atoms. The van der Waals surface area contributed by atoms with Crippen LogP contribution in [0.15, 0.2) is 6.20 Å². The molecular weight excluding hydrogens is 327 g/mol. The molecule has 1 aliphatic heterocycles. The molecule has 1 atom stereocenters. The van der Waals surface area contributed by atoms with Gasteiger partial charge in [-0.2, -0.15) is 18.3 Å². The van der Waals surface area contributed by atoms with Crippen LogP contribution in [0, 0.1) is 5.92 Å². The summed E-state index contributed by atoms with van der Waals surface area (Å²) in [7, 11) is 0. The average molecular weight is 347 g/mol. The number of amides is 1. The van der Waals surface area contributed by atoms with Crippen LogP contribution in [0.2, 0.25) is 0 Å². The van der Waals surface area contributed by atoms with Crippen LogP contribution in [-0.2, 0) is 26.9 Å². The second-order valence-corrected chi connectivity index (χ2v) is 5.72. The van der Waals surface area contributed by atoms with E-state index in [-0.39, 0.29) is 24.5 Å². The summed E-state index contributed by atoms with van der Waals surface area (Å²) in [6.07, 6.45) is -1.79. The van der Waals surface area contributed by atoms with Gasteiger partial charge >= 0.3 is 12.1 Å². The van der Waals surface area contributed by atoms with Crippen molar-refractivity contribution in [2.24, 2.45) is 5.92 Å². The minimum absolute atomic E-state index is 0.0132. The van der Waals surface area contributed by atoms with Crippen molar-refractivity contribution >= 4 is 11.9 Å². The van der Waals surface area contributed by atoms with Gasteiger partial charge in [-0.15, -0.1) is 0 Å². The molecule has 1 aliphatic rings. The Balaban J connectivity index is 1.83. The Hall–Kier alpha value is -2.06. The summed E-state index contributed by atoms with van der Waals surface area (Å²) in [4.78, 5) is 25.4. The van der Waals surface area contributed by atoms with Gasteiger partial charge in [0, 0.05) is 31.5 Å². The predicted molar refractivity (Wildman–Crippen MR) is 77.8 cm³/mol. The summed E-state index contributed by atoms with van der Waals surface area (Å²) in [5.41, 5.74) is -0.960. The number of nitrogens with one attached hydrogen (secondary N) is 1. The third kappa shape index (κ3) is 4.48. The van der Waals surface area contributed by atoms with Gasteiger partial charge in [0.2, 0.25) is 5.91 Å². The van der Waals surface area contributed by atoms with Crippen LogP contribution >= 0.6 is 0 Å². The fourth-order valence-corrected chi connectivity index (χ4v) is 2.75. The smallest absolute Gasteiger partial charge is 0.433 e. The molecule has 2 rings (SSSR count). The molecule has 0 aromatic carbocycles. The highest BCUT2D eigenvalue weighted by Gasteiger charge is 2.35. The normalized spacial score (nSPS) is 18.5. The molecule has 0 saturated carbocycles. The minimum atomic E-state index is -4.51.